The van der Waals surface area contributed by atoms with Crippen molar-refractivity contribution in [2.75, 3.05) is 0 Å². The summed E-state index contributed by atoms with van der Waals surface area (Å²) in [4.78, 5) is 22.2. The van der Waals surface area contributed by atoms with Crippen molar-refractivity contribution in [3.8, 4) is 16.3 Å². The number of nitrogens with zero attached hydrogens (tertiary/aromatic N) is 8. The molecule has 0 bridgehead atoms. The maximum Gasteiger partial charge on any atom is 0.299 e. The summed E-state index contributed by atoms with van der Waals surface area (Å²) in [6, 6.07) is 4.45. The van der Waals surface area contributed by atoms with Crippen molar-refractivity contribution in [3.05, 3.63) is 58.5 Å². The Morgan fingerprint density at radius 3 is 2.85 bits per heavy atom. The van der Waals surface area contributed by atoms with Crippen LogP contribution in [0.1, 0.15) is 41.4 Å². The van der Waals surface area contributed by atoms with Gasteiger partial charge >= 0.3 is 0 Å². The van der Waals surface area contributed by atoms with Crippen LogP contribution in [-0.4, -0.2) is 50.7 Å². The van der Waals surface area contributed by atoms with E-state index in [0.717, 1.165) is 9.56 Å². The first-order valence-corrected chi connectivity index (χ1v) is 10.6. The standard InChI is InChI=1S/C18H13ClF2N10OS/c1-8(15-23-7-24-26-15)25-18(32)9-4-10(31-17(14(20)21)27-28-29-31)16-22-5-11(30(16)6-9)12-2-3-13(19)33-12/h2-8,14H,1H3,(H,25,32)(H,23,24,26)/t8-/m0/s1. The second-order valence-corrected chi connectivity index (χ2v) is 8.59. The number of aromatic amines is 1. The Morgan fingerprint density at radius 1 is 1.30 bits per heavy atom. The summed E-state index contributed by atoms with van der Waals surface area (Å²) >= 11 is 7.39. The number of carbonyl (C=O) groups is 1. The molecule has 1 amide bonds. The number of carbonyl (C=O) groups excluding carboxylic acids is 1. The molecular formula is C18H13ClF2N10OS. The number of amides is 1. The van der Waals surface area contributed by atoms with Crippen molar-refractivity contribution in [1.29, 1.82) is 0 Å². The van der Waals surface area contributed by atoms with Crippen LogP contribution in [0.15, 0.2) is 36.9 Å². The topological polar surface area (TPSA) is 132 Å². The van der Waals surface area contributed by atoms with E-state index in [2.05, 4.69) is 41.0 Å². The Balaban J connectivity index is 1.66. The monoisotopic (exact) mass is 490 g/mol. The van der Waals surface area contributed by atoms with Gasteiger partial charge in [0.05, 0.1) is 32.7 Å². The molecule has 1 atom stereocenters. The molecule has 0 radical (unpaired) electrons. The van der Waals surface area contributed by atoms with E-state index in [0.29, 0.717) is 15.9 Å². The van der Waals surface area contributed by atoms with E-state index >= 15 is 0 Å². The van der Waals surface area contributed by atoms with Crippen molar-refractivity contribution in [2.24, 2.45) is 0 Å². The molecule has 0 saturated heterocycles. The quantitative estimate of drug-likeness (QED) is 0.373. The van der Waals surface area contributed by atoms with Gasteiger partial charge in [-0.25, -0.2) is 18.7 Å². The van der Waals surface area contributed by atoms with Gasteiger partial charge in [-0.3, -0.25) is 14.3 Å². The van der Waals surface area contributed by atoms with Gasteiger partial charge in [-0.2, -0.15) is 9.78 Å². The molecule has 5 heterocycles. The molecule has 33 heavy (non-hydrogen) atoms. The van der Waals surface area contributed by atoms with Crippen LogP contribution in [-0.2, 0) is 0 Å². The number of tetrazole rings is 1. The molecule has 5 aromatic rings. The summed E-state index contributed by atoms with van der Waals surface area (Å²) in [5.74, 6) is -0.688. The largest absolute Gasteiger partial charge is 0.342 e. The number of hydrogen-bond donors (Lipinski definition) is 2. The Hall–Kier alpha value is -3.78. The number of nitrogens with one attached hydrogen (secondary N) is 2. The minimum atomic E-state index is -2.94. The minimum absolute atomic E-state index is 0.115. The van der Waals surface area contributed by atoms with Crippen LogP contribution in [0.25, 0.3) is 21.9 Å². The summed E-state index contributed by atoms with van der Waals surface area (Å²) in [6.07, 6.45) is 1.51. The highest BCUT2D eigenvalue weighted by molar-refractivity contribution is 7.19. The van der Waals surface area contributed by atoms with E-state index in [9.17, 15) is 13.6 Å². The lowest BCUT2D eigenvalue weighted by Gasteiger charge is -2.13. The molecule has 15 heteroatoms. The van der Waals surface area contributed by atoms with E-state index < -0.39 is 24.2 Å². The number of rotatable bonds is 6. The van der Waals surface area contributed by atoms with Crippen molar-refractivity contribution >= 4 is 34.5 Å². The zero-order valence-electron chi connectivity index (χ0n) is 16.6. The average Bonchev–Trinajstić information content (AvgIpc) is 3.59. The third kappa shape index (κ3) is 3.82. The SMILES string of the molecule is C[C@H](NC(=O)c1cc(-n2nnnc2C(F)F)c2ncc(-c3ccc(Cl)s3)n2c1)c1ncn[nH]1. The summed E-state index contributed by atoms with van der Waals surface area (Å²) in [6.45, 7) is 1.73. The number of fused-ring (bicyclic) bond motifs is 1. The molecule has 5 rings (SSSR count). The molecule has 0 aliphatic carbocycles. The molecule has 0 spiro atoms. The van der Waals surface area contributed by atoms with Gasteiger partial charge in [0.15, 0.2) is 5.65 Å². The lowest BCUT2D eigenvalue weighted by molar-refractivity contribution is 0.0938. The van der Waals surface area contributed by atoms with Gasteiger partial charge < -0.3 is 5.32 Å². The maximum absolute atomic E-state index is 13.5. The molecule has 0 saturated carbocycles. The minimum Gasteiger partial charge on any atom is -0.342 e. The third-order valence-electron chi connectivity index (χ3n) is 4.78. The van der Waals surface area contributed by atoms with Crippen LogP contribution in [0.5, 0.6) is 0 Å². The smallest absolute Gasteiger partial charge is 0.299 e. The van der Waals surface area contributed by atoms with E-state index in [1.54, 1.807) is 35.9 Å². The highest BCUT2D eigenvalue weighted by Gasteiger charge is 2.24. The highest BCUT2D eigenvalue weighted by atomic mass is 35.5. The molecule has 0 unspecified atom stereocenters. The van der Waals surface area contributed by atoms with Crippen LogP contribution in [0.3, 0.4) is 0 Å². The van der Waals surface area contributed by atoms with Crippen LogP contribution in [0, 0.1) is 0 Å². The number of H-pyrrole nitrogens is 1. The fourth-order valence-electron chi connectivity index (χ4n) is 3.26. The van der Waals surface area contributed by atoms with Gasteiger partial charge in [0.25, 0.3) is 12.3 Å². The fraction of sp³-hybridized carbons (Fsp3) is 0.167. The second kappa shape index (κ2) is 8.29. The van der Waals surface area contributed by atoms with Crippen molar-refractivity contribution in [1.82, 2.24) is 50.1 Å². The molecule has 0 aliphatic rings. The Kier molecular flexibility index (Phi) is 5.30. The van der Waals surface area contributed by atoms with Crippen molar-refractivity contribution < 1.29 is 13.6 Å². The third-order valence-corrected chi connectivity index (χ3v) is 6.04. The van der Waals surface area contributed by atoms with E-state index in [1.807, 2.05) is 0 Å². The van der Waals surface area contributed by atoms with Crippen LogP contribution in [0.2, 0.25) is 4.34 Å². The molecule has 5 aromatic heterocycles. The zero-order chi connectivity index (χ0) is 23.1. The van der Waals surface area contributed by atoms with Crippen LogP contribution < -0.4 is 5.32 Å². The van der Waals surface area contributed by atoms with E-state index in [1.165, 1.54) is 23.7 Å². The summed E-state index contributed by atoms with van der Waals surface area (Å²) in [7, 11) is 0. The van der Waals surface area contributed by atoms with Gasteiger partial charge in [-0.15, -0.1) is 16.4 Å². The number of hydrogen-bond acceptors (Lipinski definition) is 8. The van der Waals surface area contributed by atoms with E-state index in [-0.39, 0.29) is 16.9 Å². The van der Waals surface area contributed by atoms with Crippen molar-refractivity contribution in [2.45, 2.75) is 19.4 Å². The highest BCUT2D eigenvalue weighted by Crippen LogP contribution is 2.33. The normalized spacial score (nSPS) is 12.5. The van der Waals surface area contributed by atoms with Gasteiger partial charge in [0.1, 0.15) is 17.8 Å². The molecule has 0 aromatic carbocycles. The number of alkyl halides is 2. The van der Waals surface area contributed by atoms with E-state index in [4.69, 9.17) is 11.6 Å². The Morgan fingerprint density at radius 2 is 2.15 bits per heavy atom. The lowest BCUT2D eigenvalue weighted by atomic mass is 10.2. The maximum atomic E-state index is 13.5. The number of thiophene rings is 1. The van der Waals surface area contributed by atoms with Crippen LogP contribution in [0.4, 0.5) is 8.78 Å². The summed E-state index contributed by atoms with van der Waals surface area (Å²) < 4.78 is 30.1. The van der Waals surface area contributed by atoms with Gasteiger partial charge in [0.2, 0.25) is 5.82 Å². The Bertz CT molecular complexity index is 1440. The van der Waals surface area contributed by atoms with Crippen LogP contribution >= 0.6 is 22.9 Å². The summed E-state index contributed by atoms with van der Waals surface area (Å²) in [5, 5.41) is 19.7. The zero-order valence-corrected chi connectivity index (χ0v) is 18.2. The first-order chi connectivity index (χ1) is 15.9. The Labute approximate surface area is 192 Å². The summed E-state index contributed by atoms with van der Waals surface area (Å²) in [5.41, 5.74) is 1.18. The molecule has 11 nitrogen and oxygen atoms in total. The van der Waals surface area contributed by atoms with Gasteiger partial charge in [-0.1, -0.05) is 11.6 Å². The predicted molar refractivity (Wildman–Crippen MR) is 113 cm³/mol. The number of imidazole rings is 1. The molecular weight excluding hydrogens is 478 g/mol. The van der Waals surface area contributed by atoms with Gasteiger partial charge in [-0.05, 0) is 35.5 Å². The lowest BCUT2D eigenvalue weighted by Crippen LogP contribution is -2.28. The van der Waals surface area contributed by atoms with Gasteiger partial charge in [0, 0.05) is 6.20 Å². The fourth-order valence-corrected chi connectivity index (χ4v) is 4.31. The molecule has 168 valence electrons. The molecule has 0 fully saturated rings. The van der Waals surface area contributed by atoms with Crippen molar-refractivity contribution in [3.63, 3.8) is 0 Å². The molecule has 2 N–H and O–H groups in total. The number of halogens is 3. The second-order valence-electron chi connectivity index (χ2n) is 6.87. The predicted octanol–water partition coefficient (Wildman–Crippen LogP) is 3.24. The average molecular weight is 491 g/mol. The molecule has 0 aliphatic heterocycles. The number of pyridine rings is 1. The number of aromatic nitrogens is 9. The first-order valence-electron chi connectivity index (χ1n) is 9.42. The first kappa shape index (κ1) is 21.1.